The summed E-state index contributed by atoms with van der Waals surface area (Å²) in [7, 11) is 1.18. The largest absolute Gasteiger partial charge is 0.468 e. The van der Waals surface area contributed by atoms with Crippen molar-refractivity contribution in [3.05, 3.63) is 70.1 Å². The number of carbonyl (C=O) groups excluding carboxylic acids is 4. The van der Waals surface area contributed by atoms with Crippen LogP contribution in [-0.2, 0) is 14.3 Å². The van der Waals surface area contributed by atoms with Gasteiger partial charge in [-0.15, -0.1) is 0 Å². The van der Waals surface area contributed by atoms with Gasteiger partial charge in [0.25, 0.3) is 11.1 Å². The van der Waals surface area contributed by atoms with Crippen LogP contribution in [0.15, 0.2) is 53.4 Å². The van der Waals surface area contributed by atoms with Gasteiger partial charge in [-0.05, 0) is 54.6 Å². The number of thioether (sulfide) groups is 1. The van der Waals surface area contributed by atoms with E-state index in [9.17, 15) is 19.2 Å². The van der Waals surface area contributed by atoms with E-state index in [0.29, 0.717) is 16.9 Å². The minimum absolute atomic E-state index is 0.168. The molecule has 0 saturated carbocycles. The van der Waals surface area contributed by atoms with Crippen molar-refractivity contribution >= 4 is 40.9 Å². The Bertz CT molecular complexity index is 1010. The molecule has 1 heterocycles. The van der Waals surface area contributed by atoms with E-state index >= 15 is 0 Å². The van der Waals surface area contributed by atoms with Crippen LogP contribution < -0.4 is 4.74 Å². The number of benzene rings is 2. The number of esters is 2. The zero-order valence-electron chi connectivity index (χ0n) is 15.7. The van der Waals surface area contributed by atoms with Crippen molar-refractivity contribution in [3.63, 3.8) is 0 Å². The van der Waals surface area contributed by atoms with Gasteiger partial charge in [-0.1, -0.05) is 29.8 Å². The van der Waals surface area contributed by atoms with Crippen LogP contribution in [-0.4, -0.2) is 41.6 Å². The van der Waals surface area contributed by atoms with Gasteiger partial charge in [0.05, 0.1) is 17.6 Å². The number of rotatable bonds is 5. The van der Waals surface area contributed by atoms with Gasteiger partial charge in [0.15, 0.2) is 0 Å². The van der Waals surface area contributed by atoms with E-state index in [1.807, 2.05) is 19.1 Å². The summed E-state index contributed by atoms with van der Waals surface area (Å²) < 4.78 is 9.88. The highest BCUT2D eigenvalue weighted by molar-refractivity contribution is 8.18. The van der Waals surface area contributed by atoms with Crippen LogP contribution in [0.5, 0.6) is 5.75 Å². The van der Waals surface area contributed by atoms with Gasteiger partial charge in [-0.25, -0.2) is 4.79 Å². The Labute approximate surface area is 171 Å². The summed E-state index contributed by atoms with van der Waals surface area (Å²) in [5.74, 6) is -1.45. The molecular weight excluding hydrogens is 394 g/mol. The van der Waals surface area contributed by atoms with Gasteiger partial charge in [-0.2, -0.15) is 0 Å². The summed E-state index contributed by atoms with van der Waals surface area (Å²) in [5, 5.41) is -0.548. The van der Waals surface area contributed by atoms with Crippen molar-refractivity contribution in [2.24, 2.45) is 0 Å². The van der Waals surface area contributed by atoms with Crippen molar-refractivity contribution in [2.75, 3.05) is 13.7 Å². The lowest BCUT2D eigenvalue weighted by Gasteiger charge is -2.09. The standard InChI is InChI=1S/C21H17NO6S/c1-13-6-8-15(9-7-13)20(25)28-16-5-3-4-14(10-16)11-17-19(24)22(21(26)29-17)12-18(23)27-2/h3-11H,12H2,1-2H3/b17-11-. The van der Waals surface area contributed by atoms with E-state index in [0.717, 1.165) is 22.2 Å². The maximum Gasteiger partial charge on any atom is 0.343 e. The van der Waals surface area contributed by atoms with Crippen LogP contribution in [0.3, 0.4) is 0 Å². The van der Waals surface area contributed by atoms with Crippen molar-refractivity contribution < 1.29 is 28.7 Å². The molecule has 0 atom stereocenters. The second-order valence-electron chi connectivity index (χ2n) is 6.17. The lowest BCUT2D eigenvalue weighted by atomic mass is 10.1. The Morgan fingerprint density at radius 2 is 1.83 bits per heavy atom. The second kappa shape index (κ2) is 8.74. The molecule has 2 amide bonds. The van der Waals surface area contributed by atoms with E-state index < -0.39 is 29.6 Å². The number of hydrogen-bond donors (Lipinski definition) is 0. The molecule has 0 spiro atoms. The van der Waals surface area contributed by atoms with Gasteiger partial charge >= 0.3 is 11.9 Å². The van der Waals surface area contributed by atoms with Crippen LogP contribution in [0.25, 0.3) is 6.08 Å². The predicted octanol–water partition coefficient (Wildman–Crippen LogP) is 3.42. The average Bonchev–Trinajstić information content (AvgIpc) is 2.96. The molecule has 0 aliphatic carbocycles. The molecule has 0 bridgehead atoms. The number of aryl methyl sites for hydroxylation is 1. The van der Waals surface area contributed by atoms with Crippen LogP contribution in [0.4, 0.5) is 4.79 Å². The average molecular weight is 411 g/mol. The fourth-order valence-corrected chi connectivity index (χ4v) is 3.34. The third kappa shape index (κ3) is 4.91. The lowest BCUT2D eigenvalue weighted by Crippen LogP contribution is -2.34. The molecular formula is C21H17NO6S. The number of carbonyl (C=O) groups is 4. The molecule has 3 rings (SSSR count). The third-order valence-corrected chi connectivity index (χ3v) is 4.95. The fourth-order valence-electron chi connectivity index (χ4n) is 2.50. The summed E-state index contributed by atoms with van der Waals surface area (Å²) in [4.78, 5) is 49.0. The molecule has 0 unspecified atom stereocenters. The molecule has 1 saturated heterocycles. The van der Waals surface area contributed by atoms with Crippen molar-refractivity contribution in [1.29, 1.82) is 0 Å². The first-order valence-electron chi connectivity index (χ1n) is 8.58. The van der Waals surface area contributed by atoms with Crippen LogP contribution >= 0.6 is 11.8 Å². The van der Waals surface area contributed by atoms with Crippen LogP contribution in [0, 0.1) is 6.92 Å². The van der Waals surface area contributed by atoms with Crippen molar-refractivity contribution in [1.82, 2.24) is 4.90 Å². The minimum Gasteiger partial charge on any atom is -0.468 e. The number of ether oxygens (including phenoxy) is 2. The van der Waals surface area contributed by atoms with E-state index in [-0.39, 0.29) is 4.91 Å². The number of methoxy groups -OCH3 is 1. The van der Waals surface area contributed by atoms with Crippen molar-refractivity contribution in [2.45, 2.75) is 6.92 Å². The van der Waals surface area contributed by atoms with E-state index in [1.165, 1.54) is 13.2 Å². The molecule has 1 fully saturated rings. The number of hydrogen-bond acceptors (Lipinski definition) is 7. The van der Waals surface area contributed by atoms with Crippen molar-refractivity contribution in [3.8, 4) is 5.75 Å². The van der Waals surface area contributed by atoms with Crippen LogP contribution in [0.2, 0.25) is 0 Å². The zero-order chi connectivity index (χ0) is 21.0. The number of imide groups is 1. The molecule has 8 heteroatoms. The molecule has 2 aromatic carbocycles. The Hall–Kier alpha value is -3.39. The summed E-state index contributed by atoms with van der Waals surface area (Å²) in [6.45, 7) is 1.48. The second-order valence-corrected chi connectivity index (χ2v) is 7.17. The topological polar surface area (TPSA) is 90.0 Å². The normalized spacial score (nSPS) is 15.0. The maximum atomic E-state index is 12.4. The van der Waals surface area contributed by atoms with Gasteiger partial charge in [-0.3, -0.25) is 19.3 Å². The minimum atomic E-state index is -0.682. The predicted molar refractivity (Wildman–Crippen MR) is 107 cm³/mol. The van der Waals surface area contributed by atoms with Gasteiger partial charge < -0.3 is 9.47 Å². The highest BCUT2D eigenvalue weighted by Gasteiger charge is 2.36. The summed E-state index contributed by atoms with van der Waals surface area (Å²) in [6.07, 6.45) is 1.51. The van der Waals surface area contributed by atoms with E-state index in [4.69, 9.17) is 4.74 Å². The van der Waals surface area contributed by atoms with Crippen LogP contribution in [0.1, 0.15) is 21.5 Å². The van der Waals surface area contributed by atoms with Gasteiger partial charge in [0.1, 0.15) is 12.3 Å². The third-order valence-electron chi connectivity index (χ3n) is 4.04. The molecule has 1 aliphatic heterocycles. The smallest absolute Gasteiger partial charge is 0.343 e. The molecule has 1 aliphatic rings. The molecule has 0 aromatic heterocycles. The molecule has 7 nitrogen and oxygen atoms in total. The molecule has 0 N–H and O–H groups in total. The molecule has 29 heavy (non-hydrogen) atoms. The number of nitrogens with zero attached hydrogens (tertiary/aromatic N) is 1. The first kappa shape index (κ1) is 20.3. The Balaban J connectivity index is 1.75. The highest BCUT2D eigenvalue weighted by Crippen LogP contribution is 2.32. The van der Waals surface area contributed by atoms with Gasteiger partial charge in [0.2, 0.25) is 0 Å². The lowest BCUT2D eigenvalue weighted by molar-refractivity contribution is -0.143. The quantitative estimate of drug-likeness (QED) is 0.423. The first-order valence-corrected chi connectivity index (χ1v) is 9.40. The first-order chi connectivity index (χ1) is 13.9. The van der Waals surface area contributed by atoms with E-state index in [1.54, 1.807) is 36.4 Å². The Kier molecular flexibility index (Phi) is 6.13. The highest BCUT2D eigenvalue weighted by atomic mass is 32.2. The summed E-state index contributed by atoms with van der Waals surface area (Å²) in [6, 6.07) is 13.6. The SMILES string of the molecule is COC(=O)CN1C(=O)S/C(=C\c2cccc(OC(=O)c3ccc(C)cc3)c2)C1=O. The summed E-state index contributed by atoms with van der Waals surface area (Å²) in [5.41, 5.74) is 2.03. The zero-order valence-corrected chi connectivity index (χ0v) is 16.5. The maximum absolute atomic E-state index is 12.4. The molecule has 2 aromatic rings. The molecule has 148 valence electrons. The number of amides is 2. The van der Waals surface area contributed by atoms with Gasteiger partial charge in [0, 0.05) is 0 Å². The summed E-state index contributed by atoms with van der Waals surface area (Å²) >= 11 is 0.730. The Morgan fingerprint density at radius 3 is 2.52 bits per heavy atom. The van der Waals surface area contributed by atoms with E-state index in [2.05, 4.69) is 4.74 Å². The fraction of sp³-hybridized carbons (Fsp3) is 0.143. The monoisotopic (exact) mass is 411 g/mol. The molecule has 0 radical (unpaired) electrons. The Morgan fingerprint density at radius 1 is 1.10 bits per heavy atom.